The van der Waals surface area contributed by atoms with Crippen molar-refractivity contribution in [2.45, 2.75) is 29.5 Å². The second-order valence-corrected chi connectivity index (χ2v) is 10.3. The second kappa shape index (κ2) is 8.33. The van der Waals surface area contributed by atoms with Crippen LogP contribution in [-0.2, 0) is 25.6 Å². The van der Waals surface area contributed by atoms with Gasteiger partial charge in [0.05, 0.1) is 10.6 Å². The Hall–Kier alpha value is -0.380. The van der Waals surface area contributed by atoms with E-state index in [1.165, 1.54) is 22.5 Å². The minimum Gasteiger partial charge on any atom is -0.316 e. The summed E-state index contributed by atoms with van der Waals surface area (Å²) in [5, 5.41) is 3.36. The second-order valence-electron chi connectivity index (χ2n) is 5.81. The highest BCUT2D eigenvalue weighted by molar-refractivity contribution is 7.90. The Labute approximate surface area is 154 Å². The minimum absolute atomic E-state index is 0. The van der Waals surface area contributed by atoms with Gasteiger partial charge < -0.3 is 5.32 Å². The first-order valence-corrected chi connectivity index (χ1v) is 11.1. The van der Waals surface area contributed by atoms with Gasteiger partial charge in [-0.05, 0) is 37.6 Å². The van der Waals surface area contributed by atoms with Gasteiger partial charge in [-0.15, -0.1) is 12.4 Å². The molecule has 1 fully saturated rings. The Morgan fingerprint density at radius 3 is 2.54 bits per heavy atom. The van der Waals surface area contributed by atoms with Crippen LogP contribution in [0.2, 0.25) is 5.02 Å². The number of benzene rings is 1. The van der Waals surface area contributed by atoms with E-state index in [0.717, 1.165) is 19.1 Å². The highest BCUT2D eigenvalue weighted by atomic mass is 35.5. The molecule has 1 aromatic carbocycles. The number of piperidine rings is 1. The lowest BCUT2D eigenvalue weighted by Gasteiger charge is -2.32. The molecule has 138 valence electrons. The van der Waals surface area contributed by atoms with Crippen molar-refractivity contribution in [3.05, 3.63) is 28.8 Å². The minimum atomic E-state index is -3.79. The van der Waals surface area contributed by atoms with Crippen LogP contribution in [0.1, 0.15) is 18.4 Å². The third-order valence-corrected chi connectivity index (χ3v) is 6.87. The quantitative estimate of drug-likeness (QED) is 0.788. The molecule has 2 rings (SSSR count). The molecule has 1 aliphatic rings. The molecule has 10 heteroatoms. The Kier molecular flexibility index (Phi) is 7.52. The molecule has 1 aromatic rings. The fourth-order valence-corrected chi connectivity index (χ4v) is 5.62. The first-order chi connectivity index (χ1) is 10.6. The van der Waals surface area contributed by atoms with E-state index in [4.69, 9.17) is 11.6 Å². The lowest BCUT2D eigenvalue weighted by Crippen LogP contribution is -2.47. The number of hydrogen-bond donors (Lipinski definition) is 1. The van der Waals surface area contributed by atoms with E-state index in [1.54, 1.807) is 7.05 Å². The average molecular weight is 417 g/mol. The number of sulfone groups is 1. The maximum Gasteiger partial charge on any atom is 0.243 e. The zero-order valence-corrected chi connectivity index (χ0v) is 16.7. The Morgan fingerprint density at radius 2 is 1.96 bits per heavy atom. The number of hydrogen-bond acceptors (Lipinski definition) is 5. The van der Waals surface area contributed by atoms with Gasteiger partial charge in [0.15, 0.2) is 9.84 Å². The van der Waals surface area contributed by atoms with E-state index < -0.39 is 19.9 Å². The van der Waals surface area contributed by atoms with Crippen molar-refractivity contribution in [2.75, 3.05) is 26.4 Å². The molecular formula is C14H22Cl2N2O4S2. The number of nitrogens with one attached hydrogen (secondary N) is 1. The number of nitrogens with zero attached hydrogens (tertiary/aromatic N) is 1. The molecular weight excluding hydrogens is 395 g/mol. The highest BCUT2D eigenvalue weighted by Crippen LogP contribution is 2.27. The number of halogens is 2. The van der Waals surface area contributed by atoms with E-state index in [2.05, 4.69) is 5.32 Å². The topological polar surface area (TPSA) is 83.6 Å². The van der Waals surface area contributed by atoms with Crippen molar-refractivity contribution >= 4 is 43.9 Å². The molecule has 0 amide bonds. The number of rotatable bonds is 5. The highest BCUT2D eigenvalue weighted by Gasteiger charge is 2.32. The van der Waals surface area contributed by atoms with Gasteiger partial charge in [0.2, 0.25) is 10.0 Å². The fraction of sp³-hybridized carbons (Fsp3) is 0.571. The zero-order chi connectivity index (χ0) is 17.3. The van der Waals surface area contributed by atoms with Gasteiger partial charge in [0.1, 0.15) is 0 Å². The van der Waals surface area contributed by atoms with Gasteiger partial charge in [0, 0.05) is 30.4 Å². The molecule has 24 heavy (non-hydrogen) atoms. The van der Waals surface area contributed by atoms with Crippen molar-refractivity contribution in [3.63, 3.8) is 0 Å². The van der Waals surface area contributed by atoms with Crippen molar-refractivity contribution in [1.82, 2.24) is 9.62 Å². The van der Waals surface area contributed by atoms with E-state index in [1.807, 2.05) is 0 Å². The molecule has 0 bridgehead atoms. The lowest BCUT2D eigenvalue weighted by atomic mass is 10.1. The van der Waals surface area contributed by atoms with Gasteiger partial charge >= 0.3 is 0 Å². The summed E-state index contributed by atoms with van der Waals surface area (Å²) in [4.78, 5) is -0.0211. The summed E-state index contributed by atoms with van der Waals surface area (Å²) in [6, 6.07) is 4.40. The molecule has 0 aromatic heterocycles. The largest absolute Gasteiger partial charge is 0.316 e. The lowest BCUT2D eigenvalue weighted by molar-refractivity contribution is 0.292. The summed E-state index contributed by atoms with van der Waals surface area (Å²) < 4.78 is 50.5. The molecule has 0 saturated carbocycles. The number of likely N-dealkylation sites (N-methyl/N-ethyl adjacent to an activating group) is 1. The molecule has 0 spiro atoms. The van der Waals surface area contributed by atoms with Crippen LogP contribution in [-0.4, -0.2) is 53.6 Å². The van der Waals surface area contributed by atoms with Gasteiger partial charge in [-0.25, -0.2) is 16.8 Å². The van der Waals surface area contributed by atoms with Crippen LogP contribution in [0.25, 0.3) is 0 Å². The summed E-state index contributed by atoms with van der Waals surface area (Å²) >= 11 is 5.94. The van der Waals surface area contributed by atoms with Gasteiger partial charge in [-0.1, -0.05) is 17.7 Å². The molecule has 0 radical (unpaired) electrons. The van der Waals surface area contributed by atoms with Crippen LogP contribution >= 0.6 is 24.0 Å². The molecule has 1 N–H and O–H groups in total. The summed E-state index contributed by atoms with van der Waals surface area (Å²) in [6.07, 6.45) is 2.75. The van der Waals surface area contributed by atoms with Gasteiger partial charge in [-0.2, -0.15) is 4.31 Å². The van der Waals surface area contributed by atoms with Gasteiger partial charge in [-0.3, -0.25) is 0 Å². The molecule has 1 heterocycles. The summed E-state index contributed by atoms with van der Waals surface area (Å²) in [6.45, 7) is 0.787. The molecule has 0 aliphatic carbocycles. The fourth-order valence-electron chi connectivity index (χ4n) is 2.71. The summed E-state index contributed by atoms with van der Waals surface area (Å²) in [7, 11) is -5.34. The predicted octanol–water partition coefficient (Wildman–Crippen LogP) is 1.68. The van der Waals surface area contributed by atoms with Crippen molar-refractivity contribution in [2.24, 2.45) is 0 Å². The summed E-state index contributed by atoms with van der Waals surface area (Å²) in [5.41, 5.74) is 0.253. The van der Waals surface area contributed by atoms with Crippen LogP contribution in [0.4, 0.5) is 0 Å². The molecule has 6 nitrogen and oxygen atoms in total. The zero-order valence-electron chi connectivity index (χ0n) is 13.5. The third kappa shape index (κ3) is 5.31. The first kappa shape index (κ1) is 21.7. The normalized spacial score (nSPS) is 19.7. The van der Waals surface area contributed by atoms with E-state index in [0.29, 0.717) is 13.1 Å². The third-order valence-electron chi connectivity index (χ3n) is 3.86. The van der Waals surface area contributed by atoms with E-state index in [9.17, 15) is 16.8 Å². The van der Waals surface area contributed by atoms with E-state index >= 15 is 0 Å². The molecule has 1 saturated heterocycles. The van der Waals surface area contributed by atoms with Crippen molar-refractivity contribution in [3.8, 4) is 0 Å². The smallest absolute Gasteiger partial charge is 0.243 e. The van der Waals surface area contributed by atoms with Crippen LogP contribution in [0, 0.1) is 0 Å². The number of sulfonamides is 1. The maximum absolute atomic E-state index is 13.0. The molecule has 1 atom stereocenters. The average Bonchev–Trinajstić information content (AvgIpc) is 2.47. The van der Waals surface area contributed by atoms with Crippen LogP contribution in [0.15, 0.2) is 23.1 Å². The van der Waals surface area contributed by atoms with Crippen LogP contribution in [0.3, 0.4) is 0 Å². The van der Waals surface area contributed by atoms with Gasteiger partial charge in [0.25, 0.3) is 0 Å². The Balaban J connectivity index is 0.00000288. The monoisotopic (exact) mass is 416 g/mol. The SMILES string of the molecule is CNC1CCCN(S(=O)(=O)c2cc(Cl)ccc2CS(C)(=O)=O)C1.Cl. The molecule has 1 unspecified atom stereocenters. The standard InChI is InChI=1S/C14H21ClN2O4S2.ClH/c1-16-13-4-3-7-17(9-13)23(20,21)14-8-12(15)6-5-11(14)10-22(2,18)19;/h5-6,8,13,16H,3-4,7,9-10H2,1-2H3;1H. The summed E-state index contributed by atoms with van der Waals surface area (Å²) in [5.74, 6) is -0.331. The first-order valence-electron chi connectivity index (χ1n) is 7.27. The van der Waals surface area contributed by atoms with E-state index in [-0.39, 0.29) is 39.7 Å². The Bertz CT molecular complexity index is 782. The van der Waals surface area contributed by atoms with Crippen LogP contribution < -0.4 is 5.32 Å². The predicted molar refractivity (Wildman–Crippen MR) is 98.1 cm³/mol. The van der Waals surface area contributed by atoms with Crippen molar-refractivity contribution < 1.29 is 16.8 Å². The molecule has 1 aliphatic heterocycles. The Morgan fingerprint density at radius 1 is 1.29 bits per heavy atom. The maximum atomic E-state index is 13.0. The van der Waals surface area contributed by atoms with Crippen LogP contribution in [0.5, 0.6) is 0 Å². The van der Waals surface area contributed by atoms with Crippen molar-refractivity contribution in [1.29, 1.82) is 0 Å².